The number of rotatable bonds is 3. The van der Waals surface area contributed by atoms with Crippen LogP contribution in [0.25, 0.3) is 0 Å². The normalized spacial score (nSPS) is 27.4. The number of ether oxygens (including phenoxy) is 1. The topological polar surface area (TPSA) is 87.7 Å². The molecule has 1 heterocycles. The van der Waals surface area contributed by atoms with Crippen LogP contribution in [-0.4, -0.2) is 54.1 Å². The zero-order valence-corrected chi connectivity index (χ0v) is 18.1. The van der Waals surface area contributed by atoms with Gasteiger partial charge < -0.3 is 20.3 Å². The first-order chi connectivity index (χ1) is 12.1. The highest BCUT2D eigenvalue weighted by molar-refractivity contribution is 5.93. The van der Waals surface area contributed by atoms with Crippen LogP contribution in [0.15, 0.2) is 0 Å². The van der Waals surface area contributed by atoms with E-state index in [2.05, 4.69) is 24.5 Å². The maximum absolute atomic E-state index is 13.4. The maximum Gasteiger partial charge on any atom is 0.408 e. The zero-order valence-electron chi connectivity index (χ0n) is 18.1. The molecule has 7 nitrogen and oxygen atoms in total. The minimum absolute atomic E-state index is 0.0593. The van der Waals surface area contributed by atoms with E-state index in [1.54, 1.807) is 32.7 Å². The molecule has 0 aromatic rings. The van der Waals surface area contributed by atoms with Crippen molar-refractivity contribution in [1.82, 2.24) is 15.5 Å². The van der Waals surface area contributed by atoms with Crippen molar-refractivity contribution < 1.29 is 19.1 Å². The van der Waals surface area contributed by atoms with Gasteiger partial charge in [0, 0.05) is 13.6 Å². The van der Waals surface area contributed by atoms with E-state index >= 15 is 0 Å². The summed E-state index contributed by atoms with van der Waals surface area (Å²) in [4.78, 5) is 39.8. The van der Waals surface area contributed by atoms with Gasteiger partial charge in [-0.2, -0.15) is 0 Å². The third-order valence-corrected chi connectivity index (χ3v) is 5.78. The van der Waals surface area contributed by atoms with Gasteiger partial charge in [-0.25, -0.2) is 4.79 Å². The second-order valence-corrected chi connectivity index (χ2v) is 10.4. The van der Waals surface area contributed by atoms with Crippen LogP contribution < -0.4 is 10.6 Å². The number of fused-ring (bicyclic) bond motifs is 1. The average Bonchev–Trinajstić information content (AvgIpc) is 2.85. The van der Waals surface area contributed by atoms with Gasteiger partial charge in [0.15, 0.2) is 0 Å². The van der Waals surface area contributed by atoms with Crippen molar-refractivity contribution in [2.24, 2.45) is 22.7 Å². The predicted molar refractivity (Wildman–Crippen MR) is 103 cm³/mol. The van der Waals surface area contributed by atoms with Crippen LogP contribution in [0.4, 0.5) is 4.79 Å². The molecule has 1 aliphatic carbocycles. The van der Waals surface area contributed by atoms with E-state index in [1.807, 2.05) is 20.8 Å². The third-order valence-electron chi connectivity index (χ3n) is 5.78. The molecule has 1 aliphatic heterocycles. The number of nitrogens with one attached hydrogen (secondary N) is 2. The summed E-state index contributed by atoms with van der Waals surface area (Å²) in [6.07, 6.45) is -0.628. The highest BCUT2D eigenvalue weighted by Crippen LogP contribution is 2.65. The summed E-state index contributed by atoms with van der Waals surface area (Å²) in [6, 6.07) is -1.27. The van der Waals surface area contributed by atoms with Crippen molar-refractivity contribution in [3.63, 3.8) is 0 Å². The van der Waals surface area contributed by atoms with Crippen molar-refractivity contribution in [1.29, 1.82) is 0 Å². The molecule has 0 spiro atoms. The summed E-state index contributed by atoms with van der Waals surface area (Å²) in [5, 5.41) is 5.43. The Labute approximate surface area is 162 Å². The fourth-order valence-corrected chi connectivity index (χ4v) is 4.20. The third kappa shape index (κ3) is 4.22. The maximum atomic E-state index is 13.4. The van der Waals surface area contributed by atoms with Crippen molar-refractivity contribution in [2.75, 3.05) is 13.6 Å². The average molecular weight is 382 g/mol. The molecule has 1 saturated heterocycles. The number of hydrogen-bond donors (Lipinski definition) is 2. The Balaban J connectivity index is 2.23. The van der Waals surface area contributed by atoms with E-state index in [4.69, 9.17) is 4.74 Å². The smallest absolute Gasteiger partial charge is 0.408 e. The summed E-state index contributed by atoms with van der Waals surface area (Å²) >= 11 is 0. The van der Waals surface area contributed by atoms with Gasteiger partial charge in [-0.15, -0.1) is 0 Å². The van der Waals surface area contributed by atoms with Gasteiger partial charge in [-0.3, -0.25) is 9.59 Å². The molecular formula is C20H35N3O4. The van der Waals surface area contributed by atoms with Crippen LogP contribution in [0.1, 0.15) is 55.4 Å². The highest BCUT2D eigenvalue weighted by atomic mass is 16.6. The Kier molecular flexibility index (Phi) is 5.32. The predicted octanol–water partition coefficient (Wildman–Crippen LogP) is 2.15. The lowest BCUT2D eigenvalue weighted by Crippen LogP contribution is -2.59. The van der Waals surface area contributed by atoms with Gasteiger partial charge in [0.1, 0.15) is 17.7 Å². The van der Waals surface area contributed by atoms with Crippen LogP contribution >= 0.6 is 0 Å². The number of likely N-dealkylation sites (tertiary alicyclic amines) is 1. The summed E-state index contributed by atoms with van der Waals surface area (Å²) in [5.41, 5.74) is -1.12. The lowest BCUT2D eigenvalue weighted by atomic mass is 9.85. The highest BCUT2D eigenvalue weighted by Gasteiger charge is 2.69. The van der Waals surface area contributed by atoms with Crippen molar-refractivity contribution in [2.45, 2.75) is 73.1 Å². The molecule has 2 rings (SSSR count). The van der Waals surface area contributed by atoms with Crippen LogP contribution in [0, 0.1) is 22.7 Å². The van der Waals surface area contributed by atoms with E-state index in [0.717, 1.165) is 0 Å². The Bertz CT molecular complexity index is 630. The molecule has 1 saturated carbocycles. The first kappa shape index (κ1) is 21.5. The first-order valence-electron chi connectivity index (χ1n) is 9.63. The van der Waals surface area contributed by atoms with Crippen molar-refractivity contribution in [3.8, 4) is 0 Å². The lowest BCUT2D eigenvalue weighted by Gasteiger charge is -2.37. The van der Waals surface area contributed by atoms with Crippen molar-refractivity contribution >= 4 is 17.9 Å². The van der Waals surface area contributed by atoms with Gasteiger partial charge in [0.25, 0.3) is 0 Å². The minimum Gasteiger partial charge on any atom is -0.444 e. The summed E-state index contributed by atoms with van der Waals surface area (Å²) in [5.74, 6) is 0.0887. The molecular weight excluding hydrogens is 346 g/mol. The molecule has 0 bridgehead atoms. The van der Waals surface area contributed by atoms with Crippen LogP contribution in [0.5, 0.6) is 0 Å². The molecule has 0 unspecified atom stereocenters. The molecule has 0 radical (unpaired) electrons. The minimum atomic E-state index is -0.778. The van der Waals surface area contributed by atoms with Gasteiger partial charge in [-0.05, 0) is 43.4 Å². The zero-order chi connectivity index (χ0) is 20.9. The lowest BCUT2D eigenvalue weighted by molar-refractivity contribution is -0.143. The fraction of sp³-hybridized carbons (Fsp3) is 0.850. The SMILES string of the molecule is CNC(=O)[C@@H]1[C@@H]2[C@H](CN1C(=O)[C@@H](NC(=O)OC(C)(C)C)C(C)(C)C)C2(C)C. The summed E-state index contributed by atoms with van der Waals surface area (Å²) in [7, 11) is 1.59. The molecule has 2 aliphatic rings. The number of carbonyl (C=O) groups excluding carboxylic acids is 3. The molecule has 0 aromatic heterocycles. The van der Waals surface area contributed by atoms with Crippen LogP contribution in [0.2, 0.25) is 0 Å². The monoisotopic (exact) mass is 381 g/mol. The van der Waals surface area contributed by atoms with Crippen molar-refractivity contribution in [3.05, 3.63) is 0 Å². The number of alkyl carbamates (subject to hydrolysis) is 1. The second-order valence-electron chi connectivity index (χ2n) is 10.4. The standard InChI is InChI=1S/C20H35N3O4/c1-18(2,3)14(22-17(26)27-19(4,5)6)16(25)23-10-11-12(20(11,7)8)13(23)15(24)21-9/h11-14H,10H2,1-9H3,(H,21,24)(H,22,26)/t11-,12-,13-,14+/m0/s1. The number of nitrogens with zero attached hydrogens (tertiary/aromatic N) is 1. The number of amides is 3. The van der Waals surface area contributed by atoms with Crippen LogP contribution in [0.3, 0.4) is 0 Å². The first-order valence-corrected chi connectivity index (χ1v) is 9.63. The molecule has 3 amide bonds. The number of likely N-dealkylation sites (N-methyl/N-ethyl adjacent to an activating group) is 1. The largest absolute Gasteiger partial charge is 0.444 e. The Hall–Kier alpha value is -1.79. The van der Waals surface area contributed by atoms with E-state index < -0.39 is 29.2 Å². The molecule has 2 fully saturated rings. The van der Waals surface area contributed by atoms with Gasteiger partial charge in [-0.1, -0.05) is 34.6 Å². The Morgan fingerprint density at radius 2 is 1.67 bits per heavy atom. The van der Waals surface area contributed by atoms with Gasteiger partial charge in [0.05, 0.1) is 0 Å². The fourth-order valence-electron chi connectivity index (χ4n) is 4.20. The van der Waals surface area contributed by atoms with Gasteiger partial charge in [0.2, 0.25) is 11.8 Å². The molecule has 0 aromatic carbocycles. The van der Waals surface area contributed by atoms with E-state index in [0.29, 0.717) is 12.5 Å². The quantitative estimate of drug-likeness (QED) is 0.784. The van der Waals surface area contributed by atoms with Gasteiger partial charge >= 0.3 is 6.09 Å². The molecule has 27 heavy (non-hydrogen) atoms. The molecule has 2 N–H and O–H groups in total. The molecule has 7 heteroatoms. The van der Waals surface area contributed by atoms with E-state index in [1.165, 1.54) is 0 Å². The molecule has 154 valence electrons. The Morgan fingerprint density at radius 3 is 2.11 bits per heavy atom. The Morgan fingerprint density at radius 1 is 1.11 bits per heavy atom. The number of hydrogen-bond acceptors (Lipinski definition) is 4. The summed E-state index contributed by atoms with van der Waals surface area (Å²) in [6.45, 7) is 15.8. The summed E-state index contributed by atoms with van der Waals surface area (Å²) < 4.78 is 5.33. The second kappa shape index (κ2) is 6.67. The number of piperidine rings is 1. The van der Waals surface area contributed by atoms with E-state index in [-0.39, 0.29) is 23.1 Å². The van der Waals surface area contributed by atoms with E-state index in [9.17, 15) is 14.4 Å². The number of carbonyl (C=O) groups is 3. The van der Waals surface area contributed by atoms with Crippen LogP contribution in [-0.2, 0) is 14.3 Å². The molecule has 4 atom stereocenters.